The third-order valence-electron chi connectivity index (χ3n) is 3.66. The molecule has 1 fully saturated rings. The largest absolute Gasteiger partial charge is 0.394 e. The van der Waals surface area contributed by atoms with Gasteiger partial charge in [0, 0.05) is 12.6 Å². The number of hydrogen-bond donors (Lipinski definition) is 1. The zero-order valence-electron chi connectivity index (χ0n) is 11.5. The van der Waals surface area contributed by atoms with E-state index in [0.29, 0.717) is 6.54 Å². The average molecular weight is 277 g/mol. The molecule has 1 aliphatic heterocycles. The summed E-state index contributed by atoms with van der Waals surface area (Å²) in [5, 5.41) is 9.39. The fourth-order valence-corrected chi connectivity index (χ4v) is 2.49. The van der Waals surface area contributed by atoms with Crippen LogP contribution in [0.25, 0.3) is 6.08 Å². The van der Waals surface area contributed by atoms with Crippen molar-refractivity contribution in [2.75, 3.05) is 13.2 Å². The highest BCUT2D eigenvalue weighted by molar-refractivity contribution is 5.92. The minimum atomic E-state index is -0.290. The molecule has 1 aliphatic rings. The summed E-state index contributed by atoms with van der Waals surface area (Å²) in [7, 11) is 0. The summed E-state index contributed by atoms with van der Waals surface area (Å²) >= 11 is 0. The Hall–Kier alpha value is -1.68. The number of aliphatic hydroxyl groups excluding tert-OH is 1. The van der Waals surface area contributed by atoms with Crippen molar-refractivity contribution in [2.24, 2.45) is 0 Å². The Bertz CT molecular complexity index is 470. The van der Waals surface area contributed by atoms with Gasteiger partial charge in [0.05, 0.1) is 12.6 Å². The van der Waals surface area contributed by atoms with E-state index in [1.54, 1.807) is 23.1 Å². The van der Waals surface area contributed by atoms with Crippen molar-refractivity contribution in [1.29, 1.82) is 0 Å². The maximum atomic E-state index is 12.8. The first-order valence-corrected chi connectivity index (χ1v) is 7.06. The second-order valence-corrected chi connectivity index (χ2v) is 5.10. The molecular formula is C16H20FNO2. The fourth-order valence-electron chi connectivity index (χ4n) is 2.49. The van der Waals surface area contributed by atoms with Gasteiger partial charge in [-0.15, -0.1) is 0 Å². The predicted octanol–water partition coefficient (Wildman–Crippen LogP) is 2.60. The van der Waals surface area contributed by atoms with E-state index in [2.05, 4.69) is 0 Å². The number of benzene rings is 1. The molecule has 1 saturated heterocycles. The molecular weight excluding hydrogens is 257 g/mol. The summed E-state index contributed by atoms with van der Waals surface area (Å²) in [6.45, 7) is 0.702. The first-order chi connectivity index (χ1) is 9.70. The van der Waals surface area contributed by atoms with Crippen LogP contribution >= 0.6 is 0 Å². The Morgan fingerprint density at radius 2 is 2.05 bits per heavy atom. The van der Waals surface area contributed by atoms with Crippen LogP contribution in [-0.2, 0) is 4.79 Å². The van der Waals surface area contributed by atoms with E-state index in [9.17, 15) is 14.3 Å². The number of rotatable bonds is 3. The number of carbonyl (C=O) groups is 1. The van der Waals surface area contributed by atoms with Crippen LogP contribution in [0.15, 0.2) is 30.3 Å². The molecule has 2 rings (SSSR count). The van der Waals surface area contributed by atoms with Crippen molar-refractivity contribution >= 4 is 12.0 Å². The molecule has 1 unspecified atom stereocenters. The van der Waals surface area contributed by atoms with Crippen molar-refractivity contribution in [3.63, 3.8) is 0 Å². The van der Waals surface area contributed by atoms with Crippen LogP contribution in [0.5, 0.6) is 0 Å². The van der Waals surface area contributed by atoms with Gasteiger partial charge in [0.25, 0.3) is 0 Å². The second-order valence-electron chi connectivity index (χ2n) is 5.10. The standard InChI is InChI=1S/C16H20FNO2/c17-14-8-5-13(6-9-14)7-10-16(20)18-11-3-1-2-4-15(18)12-19/h5-10,15,19H,1-4,11-12H2/b10-7+. The van der Waals surface area contributed by atoms with Crippen molar-refractivity contribution in [1.82, 2.24) is 4.90 Å². The van der Waals surface area contributed by atoms with E-state index in [0.717, 1.165) is 31.2 Å². The molecule has 1 amide bonds. The average Bonchev–Trinajstić information content (AvgIpc) is 2.71. The number of halogens is 1. The smallest absolute Gasteiger partial charge is 0.246 e. The van der Waals surface area contributed by atoms with E-state index in [1.165, 1.54) is 18.2 Å². The summed E-state index contributed by atoms with van der Waals surface area (Å²) in [4.78, 5) is 14.0. The van der Waals surface area contributed by atoms with Crippen LogP contribution in [0, 0.1) is 5.82 Å². The molecule has 1 aromatic carbocycles. The third-order valence-corrected chi connectivity index (χ3v) is 3.66. The van der Waals surface area contributed by atoms with Gasteiger partial charge in [0.15, 0.2) is 0 Å². The van der Waals surface area contributed by atoms with Crippen molar-refractivity contribution in [2.45, 2.75) is 31.7 Å². The Kier molecular flexibility index (Phi) is 5.30. The molecule has 1 aromatic rings. The van der Waals surface area contributed by atoms with Gasteiger partial charge in [-0.3, -0.25) is 4.79 Å². The summed E-state index contributed by atoms with van der Waals surface area (Å²) in [6.07, 6.45) is 7.17. The zero-order chi connectivity index (χ0) is 14.4. The Morgan fingerprint density at radius 3 is 2.75 bits per heavy atom. The van der Waals surface area contributed by atoms with Gasteiger partial charge in [-0.2, -0.15) is 0 Å². The van der Waals surface area contributed by atoms with Gasteiger partial charge in [-0.05, 0) is 36.6 Å². The van der Waals surface area contributed by atoms with Crippen LogP contribution in [0.2, 0.25) is 0 Å². The molecule has 3 nitrogen and oxygen atoms in total. The SMILES string of the molecule is O=C(/C=C/c1ccc(F)cc1)N1CCCCCC1CO. The number of likely N-dealkylation sites (tertiary alicyclic amines) is 1. The molecule has 1 atom stereocenters. The van der Waals surface area contributed by atoms with Crippen LogP contribution < -0.4 is 0 Å². The summed E-state index contributed by atoms with van der Waals surface area (Å²) in [6, 6.07) is 5.91. The normalized spacial score (nSPS) is 20.1. The van der Waals surface area contributed by atoms with E-state index in [4.69, 9.17) is 0 Å². The predicted molar refractivity (Wildman–Crippen MR) is 76.5 cm³/mol. The van der Waals surface area contributed by atoms with Crippen molar-refractivity contribution in [3.8, 4) is 0 Å². The molecule has 0 aliphatic carbocycles. The molecule has 4 heteroatoms. The van der Waals surface area contributed by atoms with Crippen LogP contribution in [0.3, 0.4) is 0 Å². The summed E-state index contributed by atoms with van der Waals surface area (Å²) in [5.74, 6) is -0.378. The van der Waals surface area contributed by atoms with E-state index in [1.807, 2.05) is 0 Å². The summed E-state index contributed by atoms with van der Waals surface area (Å²) < 4.78 is 12.8. The lowest BCUT2D eigenvalue weighted by Gasteiger charge is -2.27. The third kappa shape index (κ3) is 3.90. The molecule has 108 valence electrons. The fraction of sp³-hybridized carbons (Fsp3) is 0.438. The van der Waals surface area contributed by atoms with E-state index in [-0.39, 0.29) is 24.4 Å². The van der Waals surface area contributed by atoms with E-state index < -0.39 is 0 Å². The van der Waals surface area contributed by atoms with Crippen LogP contribution in [0.1, 0.15) is 31.2 Å². The van der Waals surface area contributed by atoms with Gasteiger partial charge in [-0.25, -0.2) is 4.39 Å². The lowest BCUT2D eigenvalue weighted by molar-refractivity contribution is -0.129. The maximum Gasteiger partial charge on any atom is 0.246 e. The zero-order valence-corrected chi connectivity index (χ0v) is 11.5. The molecule has 0 saturated carbocycles. The quantitative estimate of drug-likeness (QED) is 0.863. The first kappa shape index (κ1) is 14.7. The molecule has 0 bridgehead atoms. The molecule has 0 aromatic heterocycles. The van der Waals surface area contributed by atoms with Crippen LogP contribution in [-0.4, -0.2) is 35.1 Å². The number of carbonyl (C=O) groups excluding carboxylic acids is 1. The van der Waals surface area contributed by atoms with Gasteiger partial charge in [0.1, 0.15) is 5.82 Å². The highest BCUT2D eigenvalue weighted by Gasteiger charge is 2.22. The Balaban J connectivity index is 2.03. The number of amides is 1. The van der Waals surface area contributed by atoms with Gasteiger partial charge >= 0.3 is 0 Å². The molecule has 0 spiro atoms. The highest BCUT2D eigenvalue weighted by atomic mass is 19.1. The minimum absolute atomic E-state index is 0.0100. The number of hydrogen-bond acceptors (Lipinski definition) is 2. The molecule has 0 radical (unpaired) electrons. The topological polar surface area (TPSA) is 40.5 Å². The van der Waals surface area contributed by atoms with Crippen molar-refractivity contribution in [3.05, 3.63) is 41.7 Å². The lowest BCUT2D eigenvalue weighted by atomic mass is 10.1. The Labute approximate surface area is 118 Å². The Morgan fingerprint density at radius 1 is 1.30 bits per heavy atom. The monoisotopic (exact) mass is 277 g/mol. The highest BCUT2D eigenvalue weighted by Crippen LogP contribution is 2.17. The number of aliphatic hydroxyl groups is 1. The van der Waals surface area contributed by atoms with Crippen LogP contribution in [0.4, 0.5) is 4.39 Å². The first-order valence-electron chi connectivity index (χ1n) is 7.06. The van der Waals surface area contributed by atoms with E-state index >= 15 is 0 Å². The molecule has 1 N–H and O–H groups in total. The van der Waals surface area contributed by atoms with Gasteiger partial charge in [0.2, 0.25) is 5.91 Å². The van der Waals surface area contributed by atoms with Gasteiger partial charge < -0.3 is 10.0 Å². The lowest BCUT2D eigenvalue weighted by Crippen LogP contribution is -2.41. The van der Waals surface area contributed by atoms with Crippen molar-refractivity contribution < 1.29 is 14.3 Å². The van der Waals surface area contributed by atoms with Gasteiger partial charge in [-0.1, -0.05) is 25.0 Å². The molecule has 1 heterocycles. The number of nitrogens with zero attached hydrogens (tertiary/aromatic N) is 1. The minimum Gasteiger partial charge on any atom is -0.394 e. The maximum absolute atomic E-state index is 12.8. The summed E-state index contributed by atoms with van der Waals surface area (Å²) in [5.41, 5.74) is 0.787. The second kappa shape index (κ2) is 7.20. The molecule has 20 heavy (non-hydrogen) atoms.